The summed E-state index contributed by atoms with van der Waals surface area (Å²) in [6, 6.07) is 3.39. The van der Waals surface area contributed by atoms with E-state index in [0.29, 0.717) is 17.9 Å². The topological polar surface area (TPSA) is 88.5 Å². The number of aromatic nitrogens is 1. The van der Waals surface area contributed by atoms with E-state index in [1.807, 2.05) is 6.92 Å². The average molecular weight is 284 g/mol. The highest BCUT2D eigenvalue weighted by Crippen LogP contribution is 2.15. The molecule has 19 heavy (non-hydrogen) atoms. The summed E-state index contributed by atoms with van der Waals surface area (Å²) < 4.78 is 5.05. The van der Waals surface area contributed by atoms with Crippen LogP contribution < -0.4 is 10.1 Å². The van der Waals surface area contributed by atoms with Crippen LogP contribution in [0.1, 0.15) is 16.1 Å². The molecule has 1 aromatic heterocycles. The van der Waals surface area contributed by atoms with Crippen LogP contribution in [0.2, 0.25) is 0 Å². The molecule has 0 radical (unpaired) electrons. The molecule has 2 N–H and O–H groups in total. The molecular formula is C12H16N2O4S. The number of thioether (sulfide) groups is 1. The van der Waals surface area contributed by atoms with E-state index in [1.54, 1.807) is 12.1 Å². The zero-order valence-electron chi connectivity index (χ0n) is 10.8. The Morgan fingerprint density at radius 1 is 1.47 bits per heavy atom. The van der Waals surface area contributed by atoms with E-state index in [9.17, 15) is 9.59 Å². The molecular weight excluding hydrogens is 268 g/mol. The maximum Gasteiger partial charge on any atom is 0.313 e. The summed E-state index contributed by atoms with van der Waals surface area (Å²) in [5.74, 6) is -0.276. The summed E-state index contributed by atoms with van der Waals surface area (Å²) in [6.07, 6.45) is 0. The normalized spacial score (nSPS) is 10.0. The second-order valence-corrected chi connectivity index (χ2v) is 4.82. The van der Waals surface area contributed by atoms with E-state index >= 15 is 0 Å². The predicted molar refractivity (Wildman–Crippen MR) is 72.8 cm³/mol. The first-order valence-corrected chi connectivity index (χ1v) is 6.79. The number of carboxylic acids is 1. The summed E-state index contributed by atoms with van der Waals surface area (Å²) in [5.41, 5.74) is 1.14. The first kappa shape index (κ1) is 15.3. The number of pyridine rings is 1. The summed E-state index contributed by atoms with van der Waals surface area (Å²) in [6.45, 7) is 2.21. The molecule has 104 valence electrons. The van der Waals surface area contributed by atoms with Crippen molar-refractivity contribution < 1.29 is 19.4 Å². The van der Waals surface area contributed by atoms with Crippen LogP contribution in [0.15, 0.2) is 12.1 Å². The summed E-state index contributed by atoms with van der Waals surface area (Å²) >= 11 is 1.25. The van der Waals surface area contributed by atoms with Gasteiger partial charge in [0.2, 0.25) is 5.88 Å². The number of methoxy groups -OCH3 is 1. The molecule has 1 amide bonds. The summed E-state index contributed by atoms with van der Waals surface area (Å²) in [7, 11) is 1.46. The second kappa shape index (κ2) is 7.63. The molecule has 7 heteroatoms. The van der Waals surface area contributed by atoms with Gasteiger partial charge in [-0.3, -0.25) is 9.59 Å². The predicted octanol–water partition coefficient (Wildman–Crippen LogP) is 0.946. The largest absolute Gasteiger partial charge is 0.481 e. The number of hydrogen-bond acceptors (Lipinski definition) is 5. The number of aryl methyl sites for hydroxylation is 1. The Morgan fingerprint density at radius 3 is 2.84 bits per heavy atom. The molecule has 0 saturated heterocycles. The molecule has 1 rings (SSSR count). The monoisotopic (exact) mass is 284 g/mol. The van der Waals surface area contributed by atoms with Crippen molar-refractivity contribution >= 4 is 23.6 Å². The van der Waals surface area contributed by atoms with Crippen molar-refractivity contribution in [3.8, 4) is 5.88 Å². The van der Waals surface area contributed by atoms with Gasteiger partial charge in [-0.15, -0.1) is 11.8 Å². The van der Waals surface area contributed by atoms with Crippen molar-refractivity contribution in [2.45, 2.75) is 6.92 Å². The number of aliphatic carboxylic acids is 1. The molecule has 0 aliphatic rings. The molecule has 0 saturated carbocycles. The van der Waals surface area contributed by atoms with E-state index < -0.39 is 5.97 Å². The first-order valence-electron chi connectivity index (χ1n) is 5.64. The average Bonchev–Trinajstić information content (AvgIpc) is 2.37. The van der Waals surface area contributed by atoms with Gasteiger partial charge in [-0.05, 0) is 19.1 Å². The van der Waals surface area contributed by atoms with Crippen LogP contribution in [0.5, 0.6) is 5.88 Å². The van der Waals surface area contributed by atoms with E-state index in [-0.39, 0.29) is 17.5 Å². The maximum atomic E-state index is 11.9. The van der Waals surface area contributed by atoms with Gasteiger partial charge < -0.3 is 15.2 Å². The van der Waals surface area contributed by atoms with Gasteiger partial charge in [-0.1, -0.05) is 0 Å². The lowest BCUT2D eigenvalue weighted by Gasteiger charge is -2.08. The fraction of sp³-hybridized carbons (Fsp3) is 0.417. The van der Waals surface area contributed by atoms with Gasteiger partial charge >= 0.3 is 5.97 Å². The number of carboxylic acid groups (broad SMARTS) is 1. The van der Waals surface area contributed by atoms with Gasteiger partial charge in [0.25, 0.3) is 5.91 Å². The summed E-state index contributed by atoms with van der Waals surface area (Å²) in [4.78, 5) is 26.3. The SMILES string of the molecule is COc1nc(C)ccc1C(=O)NCCSCC(=O)O. The number of nitrogens with one attached hydrogen (secondary N) is 1. The van der Waals surface area contributed by atoms with Crippen LogP contribution in [0, 0.1) is 6.92 Å². The Morgan fingerprint density at radius 2 is 2.21 bits per heavy atom. The first-order chi connectivity index (χ1) is 9.04. The van der Waals surface area contributed by atoms with Crippen LogP contribution in [-0.2, 0) is 4.79 Å². The highest BCUT2D eigenvalue weighted by Gasteiger charge is 2.13. The zero-order chi connectivity index (χ0) is 14.3. The standard InChI is InChI=1S/C12H16N2O4S/c1-8-3-4-9(12(14-8)18-2)11(17)13-5-6-19-7-10(15)16/h3-4H,5-7H2,1-2H3,(H,13,17)(H,15,16). The van der Waals surface area contributed by atoms with Crippen molar-refractivity contribution in [3.63, 3.8) is 0 Å². The number of nitrogens with zero attached hydrogens (tertiary/aromatic N) is 1. The molecule has 0 aromatic carbocycles. The van der Waals surface area contributed by atoms with Crippen molar-refractivity contribution in [1.82, 2.24) is 10.3 Å². The minimum atomic E-state index is -0.860. The van der Waals surface area contributed by atoms with Gasteiger partial charge in [0.15, 0.2) is 0 Å². The van der Waals surface area contributed by atoms with Crippen LogP contribution in [0.25, 0.3) is 0 Å². The van der Waals surface area contributed by atoms with Crippen LogP contribution >= 0.6 is 11.8 Å². The molecule has 0 bridgehead atoms. The van der Waals surface area contributed by atoms with E-state index in [4.69, 9.17) is 9.84 Å². The Balaban J connectivity index is 2.47. The van der Waals surface area contributed by atoms with Crippen LogP contribution in [0.4, 0.5) is 0 Å². The third-order valence-corrected chi connectivity index (χ3v) is 3.14. The lowest BCUT2D eigenvalue weighted by molar-refractivity contribution is -0.133. The smallest absolute Gasteiger partial charge is 0.313 e. The third-order valence-electron chi connectivity index (χ3n) is 2.19. The maximum absolute atomic E-state index is 11.9. The molecule has 1 heterocycles. The fourth-order valence-electron chi connectivity index (χ4n) is 1.35. The minimum absolute atomic E-state index is 0.0330. The Labute approximate surface area is 115 Å². The van der Waals surface area contributed by atoms with Crippen molar-refractivity contribution in [1.29, 1.82) is 0 Å². The highest BCUT2D eigenvalue weighted by molar-refractivity contribution is 7.99. The number of carbonyl (C=O) groups is 2. The molecule has 1 aromatic rings. The van der Waals surface area contributed by atoms with Gasteiger partial charge in [0, 0.05) is 18.0 Å². The van der Waals surface area contributed by atoms with E-state index in [0.717, 1.165) is 5.69 Å². The number of hydrogen-bond donors (Lipinski definition) is 2. The van der Waals surface area contributed by atoms with Crippen molar-refractivity contribution in [2.24, 2.45) is 0 Å². The number of rotatable bonds is 7. The molecule has 6 nitrogen and oxygen atoms in total. The molecule has 0 spiro atoms. The van der Waals surface area contributed by atoms with E-state index in [2.05, 4.69) is 10.3 Å². The third kappa shape index (κ3) is 5.17. The number of carbonyl (C=O) groups excluding carboxylic acids is 1. The number of ether oxygens (including phenoxy) is 1. The fourth-order valence-corrected chi connectivity index (χ4v) is 1.92. The van der Waals surface area contributed by atoms with Crippen molar-refractivity contribution in [3.05, 3.63) is 23.4 Å². The summed E-state index contributed by atoms with van der Waals surface area (Å²) in [5, 5.41) is 11.2. The lowest BCUT2D eigenvalue weighted by Crippen LogP contribution is -2.26. The highest BCUT2D eigenvalue weighted by atomic mass is 32.2. The second-order valence-electron chi connectivity index (χ2n) is 3.71. The quantitative estimate of drug-likeness (QED) is 0.725. The molecule has 0 aliphatic heterocycles. The van der Waals surface area contributed by atoms with Gasteiger partial charge in [0.1, 0.15) is 5.56 Å². The van der Waals surface area contributed by atoms with Crippen molar-refractivity contribution in [2.75, 3.05) is 25.2 Å². The molecule has 0 fully saturated rings. The van der Waals surface area contributed by atoms with Crippen LogP contribution in [0.3, 0.4) is 0 Å². The van der Waals surface area contributed by atoms with Gasteiger partial charge in [0.05, 0.1) is 12.9 Å². The lowest BCUT2D eigenvalue weighted by atomic mass is 10.2. The van der Waals surface area contributed by atoms with Gasteiger partial charge in [-0.2, -0.15) is 0 Å². The molecule has 0 atom stereocenters. The zero-order valence-corrected chi connectivity index (χ0v) is 11.6. The molecule has 0 aliphatic carbocycles. The number of amides is 1. The van der Waals surface area contributed by atoms with Crippen LogP contribution in [-0.4, -0.2) is 47.1 Å². The minimum Gasteiger partial charge on any atom is -0.481 e. The Hall–Kier alpha value is -1.76. The van der Waals surface area contributed by atoms with Gasteiger partial charge in [-0.25, -0.2) is 4.98 Å². The molecule has 0 unspecified atom stereocenters. The Kier molecular flexibility index (Phi) is 6.14. The Bertz CT molecular complexity index is 465. The van der Waals surface area contributed by atoms with E-state index in [1.165, 1.54) is 18.9 Å².